The summed E-state index contributed by atoms with van der Waals surface area (Å²) in [6.07, 6.45) is 1.22. The highest BCUT2D eigenvalue weighted by molar-refractivity contribution is 7.22. The number of fused-ring (bicyclic) bond motifs is 1. The van der Waals surface area contributed by atoms with Crippen molar-refractivity contribution in [3.63, 3.8) is 0 Å². The van der Waals surface area contributed by atoms with Crippen LogP contribution in [-0.4, -0.2) is 19.9 Å². The van der Waals surface area contributed by atoms with Crippen molar-refractivity contribution >= 4 is 72.9 Å². The van der Waals surface area contributed by atoms with Crippen molar-refractivity contribution in [2.24, 2.45) is 0 Å². The van der Waals surface area contributed by atoms with E-state index in [1.165, 1.54) is 23.7 Å². The van der Waals surface area contributed by atoms with Crippen LogP contribution in [-0.2, 0) is 0 Å². The van der Waals surface area contributed by atoms with Crippen molar-refractivity contribution in [3.8, 4) is 0 Å². The second kappa shape index (κ2) is 7.55. The van der Waals surface area contributed by atoms with Crippen molar-refractivity contribution in [1.29, 1.82) is 0 Å². The number of hydrogen-bond acceptors (Lipinski definition) is 8. The minimum atomic E-state index is -0.568. The van der Waals surface area contributed by atoms with Gasteiger partial charge in [0.2, 0.25) is 11.6 Å². The molecule has 2 N–H and O–H groups in total. The highest BCUT2D eigenvalue weighted by Gasteiger charge is 2.24. The van der Waals surface area contributed by atoms with Crippen LogP contribution in [0.15, 0.2) is 48.8 Å². The van der Waals surface area contributed by atoms with Gasteiger partial charge in [-0.25, -0.2) is 15.0 Å². The standard InChI is InChI=1S/C17H10Cl2N6O2S/c18-9-5-6-11(10(19)7-9)22-15-14(25(26)27)16(21-8-20-15)24-17-23-12-3-1-2-4-13(12)28-17/h1-8H,(H2,20,21,22,23,24). The zero-order chi connectivity index (χ0) is 19.7. The lowest BCUT2D eigenvalue weighted by molar-refractivity contribution is -0.383. The van der Waals surface area contributed by atoms with Crippen LogP contribution in [0.25, 0.3) is 10.2 Å². The Morgan fingerprint density at radius 1 is 1.04 bits per heavy atom. The average Bonchev–Trinajstić information content (AvgIpc) is 3.06. The van der Waals surface area contributed by atoms with Gasteiger partial charge in [0.05, 0.1) is 25.8 Å². The fourth-order valence-electron chi connectivity index (χ4n) is 2.48. The molecule has 2 aromatic carbocycles. The van der Waals surface area contributed by atoms with E-state index in [1.54, 1.807) is 12.1 Å². The van der Waals surface area contributed by atoms with E-state index in [4.69, 9.17) is 23.2 Å². The smallest absolute Gasteiger partial charge is 0.333 e. The van der Waals surface area contributed by atoms with Gasteiger partial charge >= 0.3 is 5.69 Å². The molecule has 0 aliphatic rings. The summed E-state index contributed by atoms with van der Waals surface area (Å²) in [6, 6.07) is 12.3. The molecule has 8 nitrogen and oxygen atoms in total. The first-order valence-corrected chi connectivity index (χ1v) is 9.42. The third kappa shape index (κ3) is 3.68. The molecule has 0 unspecified atom stereocenters. The number of nitro groups is 1. The van der Waals surface area contributed by atoms with Gasteiger partial charge in [0, 0.05) is 5.02 Å². The van der Waals surface area contributed by atoms with Gasteiger partial charge in [0.15, 0.2) is 5.13 Å². The second-order valence-corrected chi connectivity index (χ2v) is 7.41. The van der Waals surface area contributed by atoms with Crippen LogP contribution < -0.4 is 10.6 Å². The van der Waals surface area contributed by atoms with Crippen LogP contribution in [0.1, 0.15) is 0 Å². The van der Waals surface area contributed by atoms with Crippen LogP contribution >= 0.6 is 34.5 Å². The molecule has 2 aromatic heterocycles. The van der Waals surface area contributed by atoms with Gasteiger partial charge in [0.25, 0.3) is 0 Å². The molecule has 0 saturated heterocycles. The number of aromatic nitrogens is 3. The minimum Gasteiger partial charge on any atom is -0.333 e. The molecule has 0 aliphatic carbocycles. The lowest BCUT2D eigenvalue weighted by Crippen LogP contribution is -2.05. The number of nitrogens with one attached hydrogen (secondary N) is 2. The zero-order valence-corrected chi connectivity index (χ0v) is 16.2. The summed E-state index contributed by atoms with van der Waals surface area (Å²) >= 11 is 13.4. The summed E-state index contributed by atoms with van der Waals surface area (Å²) < 4.78 is 0.952. The molecule has 0 saturated carbocycles. The highest BCUT2D eigenvalue weighted by Crippen LogP contribution is 2.36. The molecule has 0 fully saturated rings. The predicted octanol–water partition coefficient (Wildman–Crippen LogP) is 5.79. The largest absolute Gasteiger partial charge is 0.353 e. The summed E-state index contributed by atoms with van der Waals surface area (Å²) in [7, 11) is 0. The van der Waals surface area contributed by atoms with E-state index in [2.05, 4.69) is 25.6 Å². The van der Waals surface area contributed by atoms with Crippen LogP contribution in [0.4, 0.5) is 28.1 Å². The van der Waals surface area contributed by atoms with Crippen LogP contribution in [0.3, 0.4) is 0 Å². The molecule has 4 aromatic rings. The molecule has 0 spiro atoms. The number of halogens is 2. The Balaban J connectivity index is 1.71. The first kappa shape index (κ1) is 18.4. The van der Waals surface area contributed by atoms with Gasteiger partial charge in [-0.15, -0.1) is 0 Å². The van der Waals surface area contributed by atoms with Crippen molar-refractivity contribution in [1.82, 2.24) is 15.0 Å². The Hall–Kier alpha value is -3.01. The highest BCUT2D eigenvalue weighted by atomic mass is 35.5. The topological polar surface area (TPSA) is 106 Å². The molecule has 28 heavy (non-hydrogen) atoms. The maximum absolute atomic E-state index is 11.7. The van der Waals surface area contributed by atoms with E-state index < -0.39 is 4.92 Å². The Morgan fingerprint density at radius 2 is 1.79 bits per heavy atom. The fraction of sp³-hybridized carbons (Fsp3) is 0. The summed E-state index contributed by atoms with van der Waals surface area (Å²) in [5, 5.41) is 18.7. The summed E-state index contributed by atoms with van der Waals surface area (Å²) in [4.78, 5) is 23.6. The molecule has 4 rings (SSSR count). The molecule has 0 bridgehead atoms. The molecule has 11 heteroatoms. The van der Waals surface area contributed by atoms with Crippen LogP contribution in [0.2, 0.25) is 10.0 Å². The van der Waals surface area contributed by atoms with Gasteiger partial charge in [-0.05, 0) is 30.3 Å². The Morgan fingerprint density at radius 3 is 2.50 bits per heavy atom. The monoisotopic (exact) mass is 432 g/mol. The Bertz CT molecular complexity index is 1170. The van der Waals surface area contributed by atoms with Crippen LogP contribution in [0, 0.1) is 10.1 Å². The van der Waals surface area contributed by atoms with E-state index in [-0.39, 0.29) is 17.3 Å². The Labute approximate surface area is 172 Å². The second-order valence-electron chi connectivity index (χ2n) is 5.54. The van der Waals surface area contributed by atoms with Gasteiger partial charge in [-0.2, -0.15) is 0 Å². The van der Waals surface area contributed by atoms with Gasteiger partial charge in [-0.3, -0.25) is 10.1 Å². The van der Waals surface area contributed by atoms with E-state index in [0.717, 1.165) is 10.2 Å². The van der Waals surface area contributed by atoms with Crippen molar-refractivity contribution in [2.45, 2.75) is 0 Å². The molecule has 2 heterocycles. The Kier molecular flexibility index (Phi) is 4.95. The molecular weight excluding hydrogens is 423 g/mol. The number of rotatable bonds is 5. The summed E-state index contributed by atoms with van der Waals surface area (Å²) in [5.74, 6) is 0.0134. The molecule has 0 aliphatic heterocycles. The molecule has 140 valence electrons. The third-order valence-electron chi connectivity index (χ3n) is 3.71. The molecule has 0 atom stereocenters. The molecule has 0 amide bonds. The summed E-state index contributed by atoms with van der Waals surface area (Å²) in [6.45, 7) is 0. The normalized spacial score (nSPS) is 10.8. The van der Waals surface area contributed by atoms with Gasteiger partial charge in [0.1, 0.15) is 6.33 Å². The number of hydrogen-bond donors (Lipinski definition) is 2. The minimum absolute atomic E-state index is 0.00664. The van der Waals surface area contributed by atoms with Gasteiger partial charge in [-0.1, -0.05) is 46.7 Å². The number of anilines is 4. The van der Waals surface area contributed by atoms with E-state index in [9.17, 15) is 10.1 Å². The van der Waals surface area contributed by atoms with Gasteiger partial charge < -0.3 is 10.6 Å². The number of para-hydroxylation sites is 1. The maximum Gasteiger partial charge on any atom is 0.353 e. The zero-order valence-electron chi connectivity index (χ0n) is 13.9. The van der Waals surface area contributed by atoms with Crippen LogP contribution in [0.5, 0.6) is 0 Å². The van der Waals surface area contributed by atoms with Crippen molar-refractivity contribution in [2.75, 3.05) is 10.6 Å². The first-order valence-electron chi connectivity index (χ1n) is 7.85. The molecular formula is C17H10Cl2N6O2S. The van der Waals surface area contributed by atoms with E-state index in [0.29, 0.717) is 20.9 Å². The maximum atomic E-state index is 11.7. The van der Waals surface area contributed by atoms with Crippen molar-refractivity contribution in [3.05, 3.63) is 69.0 Å². The number of thiazole rings is 1. The lowest BCUT2D eigenvalue weighted by Gasteiger charge is -2.10. The quantitative estimate of drug-likeness (QED) is 0.303. The SMILES string of the molecule is O=[N+]([O-])c1c(Nc2nc3ccccc3s2)ncnc1Nc1ccc(Cl)cc1Cl. The lowest BCUT2D eigenvalue weighted by atomic mass is 10.3. The molecule has 0 radical (unpaired) electrons. The first-order chi connectivity index (χ1) is 13.5. The van der Waals surface area contributed by atoms with E-state index >= 15 is 0 Å². The average molecular weight is 433 g/mol. The fourth-order valence-corrected chi connectivity index (χ4v) is 3.80. The predicted molar refractivity (Wildman–Crippen MR) is 111 cm³/mol. The third-order valence-corrected chi connectivity index (χ3v) is 5.21. The van der Waals surface area contributed by atoms with Crippen molar-refractivity contribution < 1.29 is 4.92 Å². The number of nitrogens with zero attached hydrogens (tertiary/aromatic N) is 4. The number of benzene rings is 2. The summed E-state index contributed by atoms with van der Waals surface area (Å²) in [5.41, 5.74) is 0.893. The van der Waals surface area contributed by atoms with E-state index in [1.807, 2.05) is 24.3 Å².